The van der Waals surface area contributed by atoms with Gasteiger partial charge < -0.3 is 0 Å². The molecule has 5 heteroatoms. The Labute approximate surface area is 144 Å². The van der Waals surface area contributed by atoms with Crippen molar-refractivity contribution in [2.24, 2.45) is 0 Å². The van der Waals surface area contributed by atoms with Crippen LogP contribution in [-0.4, -0.2) is 44.8 Å². The van der Waals surface area contributed by atoms with E-state index >= 15 is 0 Å². The highest BCUT2D eigenvalue weighted by molar-refractivity contribution is 7.89. The Kier molecular flexibility index (Phi) is 5.04. The Morgan fingerprint density at radius 3 is 2.54 bits per heavy atom. The summed E-state index contributed by atoms with van der Waals surface area (Å²) < 4.78 is 25.8. The first-order chi connectivity index (χ1) is 11.5. The predicted octanol–water partition coefficient (Wildman–Crippen LogP) is 2.93. The van der Waals surface area contributed by atoms with Crippen LogP contribution in [0.2, 0.25) is 0 Å². The van der Waals surface area contributed by atoms with Crippen LogP contribution in [0.5, 0.6) is 0 Å². The van der Waals surface area contributed by atoms with Crippen LogP contribution in [-0.2, 0) is 16.6 Å². The van der Waals surface area contributed by atoms with Crippen molar-refractivity contribution < 1.29 is 8.42 Å². The van der Waals surface area contributed by atoms with Gasteiger partial charge in [0.25, 0.3) is 0 Å². The van der Waals surface area contributed by atoms with Crippen LogP contribution in [0, 0.1) is 0 Å². The fourth-order valence-corrected chi connectivity index (χ4v) is 4.22. The summed E-state index contributed by atoms with van der Waals surface area (Å²) in [4.78, 5) is 2.77. The average molecular weight is 344 g/mol. The van der Waals surface area contributed by atoms with Crippen molar-refractivity contribution in [3.8, 4) is 0 Å². The minimum Gasteiger partial charge on any atom is -0.298 e. The molecule has 2 aromatic rings. The molecule has 0 N–H and O–H groups in total. The molecule has 24 heavy (non-hydrogen) atoms. The fraction of sp³-hybridized carbons (Fsp3) is 0.368. The first-order valence-electron chi connectivity index (χ1n) is 8.25. The Morgan fingerprint density at radius 2 is 1.83 bits per heavy atom. The summed E-state index contributed by atoms with van der Waals surface area (Å²) in [7, 11) is -0.247. The number of hydrogen-bond donors (Lipinski definition) is 0. The van der Waals surface area contributed by atoms with E-state index in [2.05, 4.69) is 29.2 Å². The molecule has 4 nitrogen and oxygen atoms in total. The SMILES string of the molecule is CN(C)S(=O)(=O)c1cccc(CN2CCC(c3ccccc3)C2)c1. The van der Waals surface area contributed by atoms with Gasteiger partial charge in [-0.15, -0.1) is 0 Å². The second-order valence-corrected chi connectivity index (χ2v) is 8.72. The molecular formula is C19H24N2O2S. The van der Waals surface area contributed by atoms with E-state index in [1.807, 2.05) is 18.2 Å². The minimum absolute atomic E-state index is 0.365. The highest BCUT2D eigenvalue weighted by Crippen LogP contribution is 2.28. The molecular weight excluding hydrogens is 320 g/mol. The number of hydrogen-bond acceptors (Lipinski definition) is 3. The van der Waals surface area contributed by atoms with Crippen molar-refractivity contribution in [3.63, 3.8) is 0 Å². The smallest absolute Gasteiger partial charge is 0.242 e. The molecule has 1 saturated heterocycles. The number of nitrogens with zero attached hydrogens (tertiary/aromatic N) is 2. The van der Waals surface area contributed by atoms with Gasteiger partial charge in [-0.25, -0.2) is 12.7 Å². The maximum absolute atomic E-state index is 12.3. The summed E-state index contributed by atoms with van der Waals surface area (Å²) >= 11 is 0. The second-order valence-electron chi connectivity index (χ2n) is 6.57. The van der Waals surface area contributed by atoms with Gasteiger partial charge in [-0.3, -0.25) is 4.90 Å². The first kappa shape index (κ1) is 17.1. The summed E-state index contributed by atoms with van der Waals surface area (Å²) in [5, 5.41) is 0. The van der Waals surface area contributed by atoms with Gasteiger partial charge in [-0.1, -0.05) is 42.5 Å². The van der Waals surface area contributed by atoms with E-state index in [9.17, 15) is 8.42 Å². The largest absolute Gasteiger partial charge is 0.298 e. The lowest BCUT2D eigenvalue weighted by atomic mass is 9.99. The minimum atomic E-state index is -3.37. The number of sulfonamides is 1. The van der Waals surface area contributed by atoms with Gasteiger partial charge in [0.05, 0.1) is 4.90 Å². The van der Waals surface area contributed by atoms with Crippen LogP contribution in [0.4, 0.5) is 0 Å². The van der Waals surface area contributed by atoms with E-state index in [1.165, 1.54) is 9.87 Å². The second kappa shape index (κ2) is 7.05. The number of benzene rings is 2. The molecule has 2 aromatic carbocycles. The third-order valence-electron chi connectivity index (χ3n) is 4.63. The molecule has 0 spiro atoms. The van der Waals surface area contributed by atoms with Crippen LogP contribution >= 0.6 is 0 Å². The lowest BCUT2D eigenvalue weighted by Crippen LogP contribution is -2.23. The first-order valence-corrected chi connectivity index (χ1v) is 9.69. The molecule has 0 amide bonds. The summed E-state index contributed by atoms with van der Waals surface area (Å²) in [5.74, 6) is 0.569. The summed E-state index contributed by atoms with van der Waals surface area (Å²) in [6.45, 7) is 2.86. The molecule has 1 fully saturated rings. The third-order valence-corrected chi connectivity index (χ3v) is 6.44. The molecule has 1 atom stereocenters. The topological polar surface area (TPSA) is 40.6 Å². The lowest BCUT2D eigenvalue weighted by Gasteiger charge is -2.17. The molecule has 1 aliphatic heterocycles. The van der Waals surface area contributed by atoms with Crippen LogP contribution < -0.4 is 0 Å². The van der Waals surface area contributed by atoms with Gasteiger partial charge in [-0.2, -0.15) is 0 Å². The van der Waals surface area contributed by atoms with E-state index in [4.69, 9.17) is 0 Å². The fourth-order valence-electron chi connectivity index (χ4n) is 3.25. The normalized spacial score (nSPS) is 19.0. The van der Waals surface area contributed by atoms with Gasteiger partial charge in [0.1, 0.15) is 0 Å². The van der Waals surface area contributed by atoms with Crippen LogP contribution in [0.15, 0.2) is 59.5 Å². The third kappa shape index (κ3) is 3.69. The van der Waals surface area contributed by atoms with Crippen molar-refractivity contribution in [1.29, 1.82) is 0 Å². The van der Waals surface area contributed by atoms with Crippen molar-refractivity contribution >= 4 is 10.0 Å². The monoisotopic (exact) mass is 344 g/mol. The molecule has 0 bridgehead atoms. The zero-order valence-electron chi connectivity index (χ0n) is 14.2. The zero-order valence-corrected chi connectivity index (χ0v) is 15.0. The molecule has 0 radical (unpaired) electrons. The molecule has 1 aliphatic rings. The van der Waals surface area contributed by atoms with E-state index < -0.39 is 10.0 Å². The molecule has 3 rings (SSSR count). The Bertz CT molecular complexity index is 788. The van der Waals surface area contributed by atoms with Crippen molar-refractivity contribution in [1.82, 2.24) is 9.21 Å². The maximum Gasteiger partial charge on any atom is 0.242 e. The molecule has 128 valence electrons. The maximum atomic E-state index is 12.3. The van der Waals surface area contributed by atoms with Crippen molar-refractivity contribution in [2.75, 3.05) is 27.2 Å². The molecule has 1 heterocycles. The lowest BCUT2D eigenvalue weighted by molar-refractivity contribution is 0.326. The molecule has 0 saturated carbocycles. The van der Waals surface area contributed by atoms with E-state index in [-0.39, 0.29) is 0 Å². The van der Waals surface area contributed by atoms with Gasteiger partial charge in [0.2, 0.25) is 10.0 Å². The summed E-state index contributed by atoms with van der Waals surface area (Å²) in [6, 6.07) is 17.9. The Hall–Kier alpha value is -1.69. The standard InChI is InChI=1S/C19H24N2O2S/c1-20(2)24(22,23)19-10-6-7-16(13-19)14-21-12-11-18(15-21)17-8-4-3-5-9-17/h3-10,13,18H,11-12,14-15H2,1-2H3. The van der Waals surface area contributed by atoms with E-state index in [0.717, 1.165) is 31.6 Å². The van der Waals surface area contributed by atoms with Crippen molar-refractivity contribution in [2.45, 2.75) is 23.8 Å². The highest BCUT2D eigenvalue weighted by atomic mass is 32.2. The zero-order chi connectivity index (χ0) is 17.2. The predicted molar refractivity (Wildman–Crippen MR) is 96.4 cm³/mol. The number of likely N-dealkylation sites (tertiary alicyclic amines) is 1. The summed E-state index contributed by atoms with van der Waals surface area (Å²) in [6.07, 6.45) is 1.15. The number of rotatable bonds is 5. The van der Waals surface area contributed by atoms with Gasteiger partial charge in [-0.05, 0) is 42.1 Å². The summed E-state index contributed by atoms with van der Waals surface area (Å²) in [5.41, 5.74) is 2.44. The van der Waals surface area contributed by atoms with E-state index in [1.54, 1.807) is 26.2 Å². The quantitative estimate of drug-likeness (QED) is 0.837. The van der Waals surface area contributed by atoms with Gasteiger partial charge in [0, 0.05) is 27.2 Å². The molecule has 0 aliphatic carbocycles. The molecule has 1 unspecified atom stereocenters. The Morgan fingerprint density at radius 1 is 1.08 bits per heavy atom. The van der Waals surface area contributed by atoms with E-state index in [0.29, 0.717) is 10.8 Å². The van der Waals surface area contributed by atoms with Gasteiger partial charge >= 0.3 is 0 Å². The van der Waals surface area contributed by atoms with Crippen LogP contribution in [0.25, 0.3) is 0 Å². The highest BCUT2D eigenvalue weighted by Gasteiger charge is 2.24. The van der Waals surface area contributed by atoms with Gasteiger partial charge in [0.15, 0.2) is 0 Å². The van der Waals surface area contributed by atoms with Crippen LogP contribution in [0.1, 0.15) is 23.5 Å². The Balaban J connectivity index is 1.70. The van der Waals surface area contributed by atoms with Crippen LogP contribution in [0.3, 0.4) is 0 Å². The van der Waals surface area contributed by atoms with Crippen molar-refractivity contribution in [3.05, 3.63) is 65.7 Å². The average Bonchev–Trinajstić information content (AvgIpc) is 3.04. The molecule has 0 aromatic heterocycles.